The molecule has 2 aromatic heterocycles. The number of amides is 1. The third-order valence-electron chi connectivity index (χ3n) is 7.32. The Labute approximate surface area is 222 Å². The van der Waals surface area contributed by atoms with Crippen LogP contribution in [0.5, 0.6) is 0 Å². The summed E-state index contributed by atoms with van der Waals surface area (Å²) in [6, 6.07) is 24.6. The minimum absolute atomic E-state index is 0.0600. The Morgan fingerprint density at radius 1 is 0.816 bits per heavy atom. The van der Waals surface area contributed by atoms with Gasteiger partial charge in [-0.3, -0.25) is 9.20 Å². The first kappa shape index (κ1) is 24.2. The summed E-state index contributed by atoms with van der Waals surface area (Å²) in [5.41, 5.74) is 8.25. The molecule has 0 fully saturated rings. The number of benzene rings is 3. The zero-order valence-corrected chi connectivity index (χ0v) is 22.3. The molecule has 0 saturated carbocycles. The van der Waals surface area contributed by atoms with Crippen molar-refractivity contribution >= 4 is 21.6 Å². The van der Waals surface area contributed by atoms with Gasteiger partial charge in [-0.2, -0.15) is 0 Å². The number of sulfonamides is 1. The number of rotatable bonds is 5. The highest BCUT2D eigenvalue weighted by Crippen LogP contribution is 2.39. The maximum atomic E-state index is 13.9. The molecule has 0 atom stereocenters. The molecule has 0 radical (unpaired) electrons. The molecule has 192 valence electrons. The molecule has 0 saturated heterocycles. The van der Waals surface area contributed by atoms with Crippen LogP contribution >= 0.6 is 0 Å². The minimum atomic E-state index is -4.06. The van der Waals surface area contributed by atoms with Crippen molar-refractivity contribution in [1.82, 2.24) is 13.7 Å². The van der Waals surface area contributed by atoms with Crippen LogP contribution in [0.1, 0.15) is 40.0 Å². The second kappa shape index (κ2) is 9.33. The van der Waals surface area contributed by atoms with Gasteiger partial charge in [-0.05, 0) is 56.4 Å². The highest BCUT2D eigenvalue weighted by Gasteiger charge is 2.31. The van der Waals surface area contributed by atoms with Gasteiger partial charge in [0.15, 0.2) is 0 Å². The molecule has 0 unspecified atom stereocenters. The van der Waals surface area contributed by atoms with Gasteiger partial charge < -0.3 is 4.57 Å². The van der Waals surface area contributed by atoms with E-state index in [4.69, 9.17) is 0 Å². The first-order chi connectivity index (χ1) is 18.3. The van der Waals surface area contributed by atoms with Crippen LogP contribution in [0, 0.1) is 13.8 Å². The van der Waals surface area contributed by atoms with E-state index in [0.29, 0.717) is 5.69 Å². The topological polar surface area (TPSA) is 72.6 Å². The highest BCUT2D eigenvalue weighted by atomic mass is 32.2. The number of hydrogen-bond acceptors (Lipinski definition) is 3. The van der Waals surface area contributed by atoms with Crippen LogP contribution in [0.3, 0.4) is 0 Å². The van der Waals surface area contributed by atoms with Crippen LogP contribution in [-0.2, 0) is 23.0 Å². The van der Waals surface area contributed by atoms with Crippen molar-refractivity contribution in [3.05, 3.63) is 107 Å². The first-order valence-electron chi connectivity index (χ1n) is 12.9. The SMILES string of the molecule is Cc1ccc(-c2cn3c(C(=O)NS(=O)(=O)c4ccc(C)cc4)c(-c4ccccc4)c4c3n2CCCC4)cc1. The van der Waals surface area contributed by atoms with Crippen LogP contribution in [-0.4, -0.2) is 23.3 Å². The quantitative estimate of drug-likeness (QED) is 0.300. The molecule has 0 aliphatic carbocycles. The Morgan fingerprint density at radius 2 is 1.47 bits per heavy atom. The summed E-state index contributed by atoms with van der Waals surface area (Å²) in [6.45, 7) is 4.78. The first-order valence-corrected chi connectivity index (χ1v) is 14.3. The van der Waals surface area contributed by atoms with Gasteiger partial charge in [-0.15, -0.1) is 0 Å². The molecule has 0 bridgehead atoms. The molecule has 1 aliphatic rings. The lowest BCUT2D eigenvalue weighted by molar-refractivity contribution is 0.0976. The van der Waals surface area contributed by atoms with E-state index in [1.807, 2.05) is 47.9 Å². The maximum absolute atomic E-state index is 13.9. The Kier molecular flexibility index (Phi) is 5.95. The zero-order chi connectivity index (χ0) is 26.4. The number of nitrogens with zero attached hydrogens (tertiary/aromatic N) is 2. The largest absolute Gasteiger partial charge is 0.325 e. The molecule has 7 heteroatoms. The lowest BCUT2D eigenvalue weighted by atomic mass is 9.98. The van der Waals surface area contributed by atoms with Crippen molar-refractivity contribution in [3.8, 4) is 22.4 Å². The van der Waals surface area contributed by atoms with E-state index in [1.54, 1.807) is 12.1 Å². The molecule has 5 aromatic rings. The summed E-state index contributed by atoms with van der Waals surface area (Å²) in [7, 11) is -4.06. The fourth-order valence-corrected chi connectivity index (χ4v) is 6.38. The smallest absolute Gasteiger partial charge is 0.282 e. The summed E-state index contributed by atoms with van der Waals surface area (Å²) < 4.78 is 33.0. The molecule has 1 aliphatic heterocycles. The van der Waals surface area contributed by atoms with Gasteiger partial charge in [0.05, 0.1) is 10.6 Å². The predicted molar refractivity (Wildman–Crippen MR) is 150 cm³/mol. The van der Waals surface area contributed by atoms with E-state index >= 15 is 0 Å². The monoisotopic (exact) mass is 523 g/mol. The normalized spacial score (nSPS) is 13.4. The number of carbonyl (C=O) groups is 1. The van der Waals surface area contributed by atoms with E-state index in [1.165, 1.54) is 17.7 Å². The Balaban J connectivity index is 1.57. The van der Waals surface area contributed by atoms with Gasteiger partial charge in [0.25, 0.3) is 15.9 Å². The lowest BCUT2D eigenvalue weighted by Gasteiger charge is -2.11. The molecular weight excluding hydrogens is 494 g/mol. The van der Waals surface area contributed by atoms with Gasteiger partial charge in [0.1, 0.15) is 11.3 Å². The second-order valence-electron chi connectivity index (χ2n) is 10.00. The lowest BCUT2D eigenvalue weighted by Crippen LogP contribution is -2.31. The number of nitrogens with one attached hydrogen (secondary N) is 1. The van der Waals surface area contributed by atoms with Crippen LogP contribution in [0.15, 0.2) is 90.0 Å². The number of aromatic nitrogens is 2. The number of carbonyl (C=O) groups excluding carboxylic acids is 1. The van der Waals surface area contributed by atoms with E-state index in [0.717, 1.165) is 65.0 Å². The molecule has 3 heterocycles. The molecule has 1 amide bonds. The summed E-state index contributed by atoms with van der Waals surface area (Å²) in [4.78, 5) is 14.0. The van der Waals surface area contributed by atoms with Crippen molar-refractivity contribution in [2.45, 2.75) is 44.6 Å². The molecule has 6 nitrogen and oxygen atoms in total. The van der Waals surface area contributed by atoms with Gasteiger partial charge in [0, 0.05) is 23.9 Å². The number of hydrogen-bond donors (Lipinski definition) is 1. The Bertz CT molecular complexity index is 1760. The molecule has 1 N–H and O–H groups in total. The molecule has 6 rings (SSSR count). The van der Waals surface area contributed by atoms with E-state index < -0.39 is 15.9 Å². The van der Waals surface area contributed by atoms with Crippen molar-refractivity contribution in [2.24, 2.45) is 0 Å². The van der Waals surface area contributed by atoms with Crippen LogP contribution in [0.25, 0.3) is 28.0 Å². The van der Waals surface area contributed by atoms with Crippen molar-refractivity contribution in [1.29, 1.82) is 0 Å². The van der Waals surface area contributed by atoms with Crippen LogP contribution < -0.4 is 4.72 Å². The fraction of sp³-hybridized carbons (Fsp3) is 0.194. The summed E-state index contributed by atoms with van der Waals surface area (Å²) in [6.07, 6.45) is 4.80. The van der Waals surface area contributed by atoms with E-state index in [-0.39, 0.29) is 4.90 Å². The van der Waals surface area contributed by atoms with Gasteiger partial charge in [0.2, 0.25) is 0 Å². The maximum Gasteiger partial charge on any atom is 0.282 e. The second-order valence-corrected chi connectivity index (χ2v) is 11.7. The third-order valence-corrected chi connectivity index (χ3v) is 8.66. The van der Waals surface area contributed by atoms with Crippen molar-refractivity contribution < 1.29 is 13.2 Å². The summed E-state index contributed by atoms with van der Waals surface area (Å²) in [5, 5.41) is 0. The zero-order valence-electron chi connectivity index (χ0n) is 21.4. The van der Waals surface area contributed by atoms with E-state index in [2.05, 4.69) is 40.5 Å². The van der Waals surface area contributed by atoms with Crippen molar-refractivity contribution in [2.75, 3.05) is 0 Å². The van der Waals surface area contributed by atoms with E-state index in [9.17, 15) is 13.2 Å². The average Bonchev–Trinajstić information content (AvgIpc) is 3.32. The van der Waals surface area contributed by atoms with Gasteiger partial charge in [-0.1, -0.05) is 77.9 Å². The summed E-state index contributed by atoms with van der Waals surface area (Å²) in [5.74, 6) is -0.640. The summed E-state index contributed by atoms with van der Waals surface area (Å²) >= 11 is 0. The van der Waals surface area contributed by atoms with Gasteiger partial charge in [-0.25, -0.2) is 13.1 Å². The van der Waals surface area contributed by atoms with Crippen molar-refractivity contribution in [3.63, 3.8) is 0 Å². The van der Waals surface area contributed by atoms with Crippen LogP contribution in [0.2, 0.25) is 0 Å². The number of aryl methyl sites for hydroxylation is 4. The van der Waals surface area contributed by atoms with Gasteiger partial charge >= 0.3 is 0 Å². The fourth-order valence-electron chi connectivity index (χ4n) is 5.43. The Morgan fingerprint density at radius 3 is 2.16 bits per heavy atom. The standard InChI is InChI=1S/C31H29N3O3S/c1-21-11-15-23(16-12-21)27-20-34-29(30(35)32-38(36,37)25-17-13-22(2)14-18-25)28(24-8-4-3-5-9-24)26-10-6-7-19-33(27)31(26)34/h3-5,8-9,11-18,20H,6-7,10,19H2,1-2H3,(H,32,35). The molecule has 0 spiro atoms. The predicted octanol–water partition coefficient (Wildman–Crippen LogP) is 6.15. The molecule has 3 aromatic carbocycles. The Hall–Kier alpha value is -4.10. The number of imidazole rings is 1. The van der Waals surface area contributed by atoms with Crippen LogP contribution in [0.4, 0.5) is 0 Å². The molecular formula is C31H29N3O3S. The minimum Gasteiger partial charge on any atom is -0.325 e. The third kappa shape index (κ3) is 4.13. The highest BCUT2D eigenvalue weighted by molar-refractivity contribution is 7.90. The molecule has 38 heavy (non-hydrogen) atoms. The average molecular weight is 524 g/mol.